The Bertz CT molecular complexity index is 813. The van der Waals surface area contributed by atoms with E-state index in [1.807, 2.05) is 18.2 Å². The summed E-state index contributed by atoms with van der Waals surface area (Å²) in [6.45, 7) is 0.324. The quantitative estimate of drug-likeness (QED) is 0.670. The highest BCUT2D eigenvalue weighted by molar-refractivity contribution is 6.30. The number of benzene rings is 2. The molecule has 122 valence electrons. The monoisotopic (exact) mass is 341 g/mol. The average molecular weight is 342 g/mol. The summed E-state index contributed by atoms with van der Waals surface area (Å²) >= 11 is 5.96. The smallest absolute Gasteiger partial charge is 0.258 e. The number of carbonyl (C=O) groups excluding carboxylic acids is 1. The van der Waals surface area contributed by atoms with Gasteiger partial charge in [-0.25, -0.2) is 0 Å². The van der Waals surface area contributed by atoms with E-state index >= 15 is 0 Å². The van der Waals surface area contributed by atoms with Crippen molar-refractivity contribution in [2.75, 3.05) is 12.0 Å². The Morgan fingerprint density at radius 2 is 1.92 bits per heavy atom. The molecule has 0 radical (unpaired) electrons. The minimum atomic E-state index is -0.146. The Kier molecular flexibility index (Phi) is 4.87. The van der Waals surface area contributed by atoms with Crippen LogP contribution in [0.15, 0.2) is 71.3 Å². The van der Waals surface area contributed by atoms with Gasteiger partial charge in [0.1, 0.15) is 11.5 Å². The molecule has 1 aromatic heterocycles. The van der Waals surface area contributed by atoms with Crippen molar-refractivity contribution in [3.8, 4) is 5.75 Å². The van der Waals surface area contributed by atoms with Crippen LogP contribution in [0.1, 0.15) is 16.1 Å². The predicted molar refractivity (Wildman–Crippen MR) is 93.7 cm³/mol. The maximum absolute atomic E-state index is 13.0. The third kappa shape index (κ3) is 3.60. The van der Waals surface area contributed by atoms with Gasteiger partial charge >= 0.3 is 0 Å². The number of rotatable bonds is 5. The van der Waals surface area contributed by atoms with E-state index in [9.17, 15) is 4.79 Å². The first-order chi connectivity index (χ1) is 11.7. The highest BCUT2D eigenvalue weighted by Crippen LogP contribution is 2.24. The minimum Gasteiger partial charge on any atom is -0.497 e. The molecule has 1 amide bonds. The zero-order valence-corrected chi connectivity index (χ0v) is 13.9. The lowest BCUT2D eigenvalue weighted by Gasteiger charge is -2.22. The molecule has 5 heteroatoms. The van der Waals surface area contributed by atoms with E-state index in [1.54, 1.807) is 60.7 Å². The fourth-order valence-corrected chi connectivity index (χ4v) is 2.50. The van der Waals surface area contributed by atoms with Gasteiger partial charge in [0, 0.05) is 16.3 Å². The number of amides is 1. The largest absolute Gasteiger partial charge is 0.497 e. The standard InChI is InChI=1S/C19H16ClNO3/c1-23-17-5-2-4-14(12-17)19(22)21(13-18-6-3-11-24-18)16-9-7-15(20)8-10-16/h2-12H,13H2,1H3. The van der Waals surface area contributed by atoms with Crippen LogP contribution in [0.25, 0.3) is 0 Å². The van der Waals surface area contributed by atoms with E-state index in [0.29, 0.717) is 28.6 Å². The first-order valence-corrected chi connectivity index (χ1v) is 7.79. The summed E-state index contributed by atoms with van der Waals surface area (Å²) in [5, 5.41) is 0.616. The molecule has 0 saturated heterocycles. The summed E-state index contributed by atoms with van der Waals surface area (Å²) in [4.78, 5) is 14.7. The molecule has 3 aromatic rings. The Labute approximate surface area is 145 Å². The van der Waals surface area contributed by atoms with Gasteiger partial charge in [0.15, 0.2) is 0 Å². The van der Waals surface area contributed by atoms with Gasteiger partial charge in [0.25, 0.3) is 5.91 Å². The summed E-state index contributed by atoms with van der Waals surface area (Å²) < 4.78 is 10.6. The molecule has 0 unspecified atom stereocenters. The molecule has 3 rings (SSSR count). The Morgan fingerprint density at radius 1 is 1.12 bits per heavy atom. The zero-order chi connectivity index (χ0) is 16.9. The lowest BCUT2D eigenvalue weighted by Crippen LogP contribution is -2.30. The van der Waals surface area contributed by atoms with Gasteiger partial charge < -0.3 is 14.1 Å². The van der Waals surface area contributed by atoms with Crippen molar-refractivity contribution in [2.24, 2.45) is 0 Å². The lowest BCUT2D eigenvalue weighted by atomic mass is 10.1. The minimum absolute atomic E-state index is 0.146. The number of halogens is 1. The molecular formula is C19H16ClNO3. The number of hydrogen-bond acceptors (Lipinski definition) is 3. The van der Waals surface area contributed by atoms with Gasteiger partial charge in [-0.2, -0.15) is 0 Å². The first kappa shape index (κ1) is 16.1. The van der Waals surface area contributed by atoms with Crippen molar-refractivity contribution in [2.45, 2.75) is 6.54 Å². The number of furan rings is 1. The molecule has 24 heavy (non-hydrogen) atoms. The van der Waals surface area contributed by atoms with Gasteiger partial charge in [-0.3, -0.25) is 4.79 Å². The molecule has 0 spiro atoms. The van der Waals surface area contributed by atoms with Crippen molar-refractivity contribution >= 4 is 23.2 Å². The SMILES string of the molecule is COc1cccc(C(=O)N(Cc2ccco2)c2ccc(Cl)cc2)c1. The van der Waals surface area contributed by atoms with E-state index in [0.717, 1.165) is 5.69 Å². The average Bonchev–Trinajstić information content (AvgIpc) is 3.13. The molecule has 2 aromatic carbocycles. The molecule has 0 atom stereocenters. The zero-order valence-electron chi connectivity index (χ0n) is 13.1. The molecule has 0 bridgehead atoms. The van der Waals surface area contributed by atoms with Crippen LogP contribution in [-0.2, 0) is 6.54 Å². The van der Waals surface area contributed by atoms with Gasteiger partial charge in [0.05, 0.1) is 19.9 Å². The lowest BCUT2D eigenvalue weighted by molar-refractivity contribution is 0.0983. The summed E-state index contributed by atoms with van der Waals surface area (Å²) in [6, 6.07) is 17.8. The van der Waals surface area contributed by atoms with Crippen LogP contribution in [0, 0.1) is 0 Å². The van der Waals surface area contributed by atoms with Crippen LogP contribution in [0.4, 0.5) is 5.69 Å². The maximum atomic E-state index is 13.0. The van der Waals surface area contributed by atoms with Crippen LogP contribution in [0.2, 0.25) is 5.02 Å². The van der Waals surface area contributed by atoms with Crippen molar-refractivity contribution < 1.29 is 13.9 Å². The molecule has 4 nitrogen and oxygen atoms in total. The number of ether oxygens (including phenoxy) is 1. The van der Waals surface area contributed by atoms with Crippen LogP contribution in [-0.4, -0.2) is 13.0 Å². The van der Waals surface area contributed by atoms with E-state index in [-0.39, 0.29) is 5.91 Å². The van der Waals surface area contributed by atoms with Crippen molar-refractivity contribution in [3.63, 3.8) is 0 Å². The summed E-state index contributed by atoms with van der Waals surface area (Å²) in [6.07, 6.45) is 1.59. The predicted octanol–water partition coefficient (Wildman–Crippen LogP) is 4.79. The highest BCUT2D eigenvalue weighted by Gasteiger charge is 2.19. The number of methoxy groups -OCH3 is 1. The van der Waals surface area contributed by atoms with Gasteiger partial charge in [0.2, 0.25) is 0 Å². The second-order valence-electron chi connectivity index (χ2n) is 5.18. The fraction of sp³-hybridized carbons (Fsp3) is 0.105. The Morgan fingerprint density at radius 3 is 2.58 bits per heavy atom. The second-order valence-corrected chi connectivity index (χ2v) is 5.62. The van der Waals surface area contributed by atoms with Gasteiger partial charge in [-0.1, -0.05) is 17.7 Å². The number of hydrogen-bond donors (Lipinski definition) is 0. The first-order valence-electron chi connectivity index (χ1n) is 7.41. The molecule has 0 N–H and O–H groups in total. The summed E-state index contributed by atoms with van der Waals surface area (Å²) in [5.41, 5.74) is 1.28. The fourth-order valence-electron chi connectivity index (χ4n) is 2.37. The van der Waals surface area contributed by atoms with E-state index in [2.05, 4.69) is 0 Å². The summed E-state index contributed by atoms with van der Waals surface area (Å²) in [5.74, 6) is 1.18. The third-order valence-corrected chi connectivity index (χ3v) is 3.85. The van der Waals surface area contributed by atoms with Crippen molar-refractivity contribution in [1.82, 2.24) is 0 Å². The number of anilines is 1. The Balaban J connectivity index is 1.96. The molecule has 1 heterocycles. The molecule has 0 aliphatic rings. The van der Waals surface area contributed by atoms with E-state index in [4.69, 9.17) is 20.8 Å². The van der Waals surface area contributed by atoms with Gasteiger partial charge in [-0.15, -0.1) is 0 Å². The number of carbonyl (C=O) groups is 1. The van der Waals surface area contributed by atoms with Gasteiger partial charge in [-0.05, 0) is 54.6 Å². The molecule has 0 fully saturated rings. The highest BCUT2D eigenvalue weighted by atomic mass is 35.5. The topological polar surface area (TPSA) is 42.7 Å². The molecular weight excluding hydrogens is 326 g/mol. The normalized spacial score (nSPS) is 10.4. The van der Waals surface area contributed by atoms with Crippen LogP contribution < -0.4 is 9.64 Å². The van der Waals surface area contributed by atoms with E-state index in [1.165, 1.54) is 0 Å². The van der Waals surface area contributed by atoms with Crippen LogP contribution >= 0.6 is 11.6 Å². The van der Waals surface area contributed by atoms with Crippen LogP contribution in [0.3, 0.4) is 0 Å². The molecule has 0 aliphatic heterocycles. The maximum Gasteiger partial charge on any atom is 0.258 e. The summed E-state index contributed by atoms with van der Waals surface area (Å²) in [7, 11) is 1.57. The number of nitrogens with zero attached hydrogens (tertiary/aromatic N) is 1. The van der Waals surface area contributed by atoms with Crippen molar-refractivity contribution in [1.29, 1.82) is 0 Å². The molecule has 0 aliphatic carbocycles. The van der Waals surface area contributed by atoms with Crippen LogP contribution in [0.5, 0.6) is 5.75 Å². The third-order valence-electron chi connectivity index (χ3n) is 3.59. The second kappa shape index (κ2) is 7.23. The molecule has 0 saturated carbocycles. The van der Waals surface area contributed by atoms with E-state index < -0.39 is 0 Å². The van der Waals surface area contributed by atoms with Crippen molar-refractivity contribution in [3.05, 3.63) is 83.3 Å². The Hall–Kier alpha value is -2.72.